The number of ether oxygens (including phenoxy) is 1. The molecule has 0 spiro atoms. The molecule has 1 aliphatic heterocycles. The van der Waals surface area contributed by atoms with Crippen molar-refractivity contribution in [3.8, 4) is 0 Å². The lowest BCUT2D eigenvalue weighted by Crippen LogP contribution is -2.36. The lowest BCUT2D eigenvalue weighted by Gasteiger charge is -2.29. The molecule has 1 N–H and O–H groups in total. The smallest absolute Gasteiger partial charge is 0.338 e. The van der Waals surface area contributed by atoms with Crippen molar-refractivity contribution < 1.29 is 19.0 Å². The number of alkyl halides is 1. The van der Waals surface area contributed by atoms with Gasteiger partial charge in [-0.15, -0.1) is 0 Å². The molecule has 0 radical (unpaired) electrons. The Labute approximate surface area is 70.5 Å². The van der Waals surface area contributed by atoms with Gasteiger partial charge in [0.1, 0.15) is 0 Å². The molecule has 0 aliphatic carbocycles. The van der Waals surface area contributed by atoms with Crippen LogP contribution >= 0.6 is 0 Å². The fourth-order valence-corrected chi connectivity index (χ4v) is 1.51. The third-order valence-corrected chi connectivity index (χ3v) is 2.32. The van der Waals surface area contributed by atoms with Gasteiger partial charge in [0.15, 0.2) is 6.17 Å². The zero-order chi connectivity index (χ0) is 9.14. The summed E-state index contributed by atoms with van der Waals surface area (Å²) in [6, 6.07) is 0. The van der Waals surface area contributed by atoms with Gasteiger partial charge in [0.2, 0.25) is 0 Å². The van der Waals surface area contributed by atoms with Crippen LogP contribution in [0.25, 0.3) is 0 Å². The molecule has 1 fully saturated rings. The van der Waals surface area contributed by atoms with Crippen molar-refractivity contribution in [1.29, 1.82) is 0 Å². The Balaban J connectivity index is 2.53. The number of rotatable bonds is 2. The van der Waals surface area contributed by atoms with Crippen LogP contribution in [0.2, 0.25) is 0 Å². The summed E-state index contributed by atoms with van der Waals surface area (Å²) >= 11 is 0. The van der Waals surface area contributed by atoms with E-state index in [-0.39, 0.29) is 11.8 Å². The number of carboxylic acids is 1. The number of carbonyl (C=O) groups is 1. The van der Waals surface area contributed by atoms with Crippen LogP contribution in [-0.4, -0.2) is 30.5 Å². The zero-order valence-electron chi connectivity index (χ0n) is 7.00. The monoisotopic (exact) mass is 176 g/mol. The molecule has 70 valence electrons. The van der Waals surface area contributed by atoms with Crippen molar-refractivity contribution in [3.63, 3.8) is 0 Å². The van der Waals surface area contributed by atoms with E-state index in [1.165, 1.54) is 0 Å². The first kappa shape index (κ1) is 9.45. The lowest BCUT2D eigenvalue weighted by molar-refractivity contribution is -0.147. The standard InChI is InChI=1S/C8H13FO3/c1-5-4-12-3-2-6(5)7(9)8(10)11/h5-7H,2-4H2,1H3,(H,10,11). The van der Waals surface area contributed by atoms with Crippen LogP contribution in [0.4, 0.5) is 4.39 Å². The number of aliphatic carboxylic acids is 1. The van der Waals surface area contributed by atoms with E-state index in [2.05, 4.69) is 0 Å². The van der Waals surface area contributed by atoms with E-state index < -0.39 is 12.1 Å². The molecule has 0 bridgehead atoms. The first-order valence-corrected chi connectivity index (χ1v) is 4.07. The van der Waals surface area contributed by atoms with Gasteiger partial charge < -0.3 is 9.84 Å². The molecular formula is C8H13FO3. The minimum Gasteiger partial charge on any atom is -0.479 e. The van der Waals surface area contributed by atoms with E-state index in [0.29, 0.717) is 19.6 Å². The molecule has 3 unspecified atom stereocenters. The topological polar surface area (TPSA) is 46.5 Å². The van der Waals surface area contributed by atoms with Crippen LogP contribution in [-0.2, 0) is 9.53 Å². The summed E-state index contributed by atoms with van der Waals surface area (Å²) < 4.78 is 18.1. The van der Waals surface area contributed by atoms with Gasteiger partial charge in [-0.3, -0.25) is 0 Å². The maximum Gasteiger partial charge on any atom is 0.338 e. The van der Waals surface area contributed by atoms with Crippen molar-refractivity contribution in [1.82, 2.24) is 0 Å². The lowest BCUT2D eigenvalue weighted by atomic mass is 9.86. The van der Waals surface area contributed by atoms with E-state index >= 15 is 0 Å². The normalized spacial score (nSPS) is 32.8. The van der Waals surface area contributed by atoms with Crippen LogP contribution in [0.1, 0.15) is 13.3 Å². The van der Waals surface area contributed by atoms with Gasteiger partial charge in [-0.1, -0.05) is 6.92 Å². The molecular weight excluding hydrogens is 163 g/mol. The highest BCUT2D eigenvalue weighted by Gasteiger charge is 2.34. The Kier molecular flexibility index (Phi) is 3.03. The molecule has 4 heteroatoms. The zero-order valence-corrected chi connectivity index (χ0v) is 7.00. The summed E-state index contributed by atoms with van der Waals surface area (Å²) in [5.41, 5.74) is 0. The number of hydrogen-bond acceptors (Lipinski definition) is 2. The Morgan fingerprint density at radius 3 is 2.92 bits per heavy atom. The molecule has 1 heterocycles. The van der Waals surface area contributed by atoms with Gasteiger partial charge in [-0.25, -0.2) is 9.18 Å². The maximum atomic E-state index is 13.0. The van der Waals surface area contributed by atoms with E-state index in [0.717, 1.165) is 0 Å². The fraction of sp³-hybridized carbons (Fsp3) is 0.875. The quantitative estimate of drug-likeness (QED) is 0.684. The number of carboxylic acid groups (broad SMARTS) is 1. The molecule has 1 rings (SSSR count). The van der Waals surface area contributed by atoms with Crippen LogP contribution in [0.3, 0.4) is 0 Å². The molecule has 0 aromatic heterocycles. The first-order valence-electron chi connectivity index (χ1n) is 4.07. The van der Waals surface area contributed by atoms with Gasteiger partial charge in [-0.05, 0) is 12.3 Å². The van der Waals surface area contributed by atoms with Gasteiger partial charge in [-0.2, -0.15) is 0 Å². The van der Waals surface area contributed by atoms with Gasteiger partial charge in [0.25, 0.3) is 0 Å². The predicted octanol–water partition coefficient (Wildman–Crippen LogP) is 1.08. The predicted molar refractivity (Wildman–Crippen MR) is 40.6 cm³/mol. The van der Waals surface area contributed by atoms with Crippen molar-refractivity contribution >= 4 is 5.97 Å². The molecule has 1 saturated heterocycles. The van der Waals surface area contributed by atoms with E-state index in [4.69, 9.17) is 9.84 Å². The SMILES string of the molecule is CC1COCCC1C(F)C(=O)O. The van der Waals surface area contributed by atoms with Crippen LogP contribution < -0.4 is 0 Å². The Bertz CT molecular complexity index is 172. The van der Waals surface area contributed by atoms with E-state index in [1.54, 1.807) is 0 Å². The van der Waals surface area contributed by atoms with Crippen LogP contribution in [0.15, 0.2) is 0 Å². The summed E-state index contributed by atoms with van der Waals surface area (Å²) in [6.45, 7) is 2.76. The second-order valence-corrected chi connectivity index (χ2v) is 3.24. The van der Waals surface area contributed by atoms with Crippen LogP contribution in [0, 0.1) is 11.8 Å². The molecule has 0 amide bonds. The number of halogens is 1. The summed E-state index contributed by atoms with van der Waals surface area (Å²) in [5, 5.41) is 8.44. The largest absolute Gasteiger partial charge is 0.479 e. The second kappa shape index (κ2) is 3.85. The Morgan fingerprint density at radius 2 is 2.42 bits per heavy atom. The summed E-state index contributed by atoms with van der Waals surface area (Å²) in [7, 11) is 0. The maximum absolute atomic E-state index is 13.0. The third-order valence-electron chi connectivity index (χ3n) is 2.32. The second-order valence-electron chi connectivity index (χ2n) is 3.24. The van der Waals surface area contributed by atoms with Crippen LogP contribution in [0.5, 0.6) is 0 Å². The summed E-state index contributed by atoms with van der Waals surface area (Å²) in [6.07, 6.45) is -1.22. The van der Waals surface area contributed by atoms with Crippen molar-refractivity contribution in [2.24, 2.45) is 11.8 Å². The molecule has 3 nitrogen and oxygen atoms in total. The average molecular weight is 176 g/mol. The highest BCUT2D eigenvalue weighted by Crippen LogP contribution is 2.26. The highest BCUT2D eigenvalue weighted by atomic mass is 19.1. The molecule has 3 atom stereocenters. The Morgan fingerprint density at radius 1 is 1.75 bits per heavy atom. The number of hydrogen-bond donors (Lipinski definition) is 1. The Hall–Kier alpha value is -0.640. The van der Waals surface area contributed by atoms with Gasteiger partial charge in [0, 0.05) is 19.1 Å². The minimum atomic E-state index is -1.73. The van der Waals surface area contributed by atoms with Crippen molar-refractivity contribution in [3.05, 3.63) is 0 Å². The fourth-order valence-electron chi connectivity index (χ4n) is 1.51. The molecule has 12 heavy (non-hydrogen) atoms. The van der Waals surface area contributed by atoms with E-state index in [9.17, 15) is 9.18 Å². The van der Waals surface area contributed by atoms with E-state index in [1.807, 2.05) is 6.92 Å². The molecule has 0 aromatic rings. The van der Waals surface area contributed by atoms with Gasteiger partial charge in [0.05, 0.1) is 0 Å². The molecule has 1 aliphatic rings. The van der Waals surface area contributed by atoms with Crippen molar-refractivity contribution in [2.75, 3.05) is 13.2 Å². The van der Waals surface area contributed by atoms with Gasteiger partial charge >= 0.3 is 5.97 Å². The summed E-state index contributed by atoms with van der Waals surface area (Å²) in [5.74, 6) is -1.73. The average Bonchev–Trinajstić information content (AvgIpc) is 2.04. The third kappa shape index (κ3) is 1.94. The first-order chi connectivity index (χ1) is 5.63. The van der Waals surface area contributed by atoms with Crippen molar-refractivity contribution in [2.45, 2.75) is 19.5 Å². The minimum absolute atomic E-state index is 0.00449. The molecule has 0 saturated carbocycles. The summed E-state index contributed by atoms with van der Waals surface area (Å²) in [4.78, 5) is 10.3. The molecule has 0 aromatic carbocycles. The highest BCUT2D eigenvalue weighted by molar-refractivity contribution is 5.72.